The van der Waals surface area contributed by atoms with E-state index in [9.17, 15) is 4.79 Å². The summed E-state index contributed by atoms with van der Waals surface area (Å²) in [5.74, 6) is -0.105. The third-order valence-electron chi connectivity index (χ3n) is 3.50. The first-order valence-electron chi connectivity index (χ1n) is 6.63. The Balaban J connectivity index is 1.76. The van der Waals surface area contributed by atoms with Crippen LogP contribution in [0, 0.1) is 0 Å². The maximum atomic E-state index is 12.0. The number of aryl methyl sites for hydroxylation is 1. The molecule has 0 N–H and O–H groups in total. The van der Waals surface area contributed by atoms with Gasteiger partial charge < -0.3 is 9.47 Å². The molecule has 0 saturated carbocycles. The van der Waals surface area contributed by atoms with E-state index in [1.54, 1.807) is 0 Å². The van der Waals surface area contributed by atoms with Crippen LogP contribution in [0.3, 0.4) is 0 Å². The van der Waals surface area contributed by atoms with Gasteiger partial charge in [-0.1, -0.05) is 0 Å². The molecule has 100 valence electrons. The topological polar surface area (TPSA) is 37.6 Å². The van der Waals surface area contributed by atoms with Crippen LogP contribution in [0.15, 0.2) is 28.2 Å². The molecule has 1 aromatic rings. The van der Waals surface area contributed by atoms with Gasteiger partial charge >= 0.3 is 0 Å². The molecule has 4 nitrogen and oxygen atoms in total. The molecule has 0 unspecified atom stereocenters. The maximum Gasteiger partial charge on any atom is 0.286 e. The van der Waals surface area contributed by atoms with Crippen LogP contribution in [0.5, 0.6) is 0 Å². The Labute approximate surface area is 117 Å². The first kappa shape index (κ1) is 12.5. The summed E-state index contributed by atoms with van der Waals surface area (Å²) in [5.41, 5.74) is 1.03. The molecule has 2 aliphatic rings. The predicted molar refractivity (Wildman–Crippen MR) is 78.8 cm³/mol. The van der Waals surface area contributed by atoms with Crippen LogP contribution in [0.4, 0.5) is 0 Å². The minimum atomic E-state index is -0.105. The normalized spacial score (nSPS) is 22.2. The number of amidine groups is 1. The van der Waals surface area contributed by atoms with E-state index in [-0.39, 0.29) is 5.91 Å². The van der Waals surface area contributed by atoms with Crippen molar-refractivity contribution in [3.8, 4) is 0 Å². The number of aromatic nitrogens is 1. The highest BCUT2D eigenvalue weighted by Crippen LogP contribution is 2.31. The van der Waals surface area contributed by atoms with Crippen molar-refractivity contribution < 1.29 is 4.79 Å². The summed E-state index contributed by atoms with van der Waals surface area (Å²) in [6, 6.07) is 3.97. The number of thioether (sulfide) groups is 1. The Morgan fingerprint density at radius 1 is 1.32 bits per heavy atom. The monoisotopic (exact) mass is 275 g/mol. The molecule has 5 heteroatoms. The molecule has 0 aromatic carbocycles. The van der Waals surface area contributed by atoms with Crippen LogP contribution in [-0.2, 0) is 11.8 Å². The van der Waals surface area contributed by atoms with Crippen molar-refractivity contribution in [2.45, 2.75) is 19.3 Å². The maximum absolute atomic E-state index is 12.0. The molecule has 1 saturated heterocycles. The zero-order valence-corrected chi connectivity index (χ0v) is 11.8. The Morgan fingerprint density at radius 2 is 2.11 bits per heavy atom. The minimum Gasteiger partial charge on any atom is -0.351 e. The number of nitrogens with zero attached hydrogens (tertiary/aromatic N) is 3. The van der Waals surface area contributed by atoms with Gasteiger partial charge in [-0.15, -0.1) is 0 Å². The fourth-order valence-corrected chi connectivity index (χ4v) is 3.33. The van der Waals surface area contributed by atoms with Gasteiger partial charge in [-0.3, -0.25) is 4.79 Å². The van der Waals surface area contributed by atoms with E-state index in [1.807, 2.05) is 36.0 Å². The first-order valence-corrected chi connectivity index (χ1v) is 7.44. The smallest absolute Gasteiger partial charge is 0.286 e. The van der Waals surface area contributed by atoms with E-state index in [0.29, 0.717) is 0 Å². The lowest BCUT2D eigenvalue weighted by Crippen LogP contribution is -2.33. The van der Waals surface area contributed by atoms with E-state index in [0.717, 1.165) is 28.9 Å². The van der Waals surface area contributed by atoms with Gasteiger partial charge in [0.15, 0.2) is 5.17 Å². The Hall–Kier alpha value is -1.49. The zero-order chi connectivity index (χ0) is 13.2. The quantitative estimate of drug-likeness (QED) is 0.739. The van der Waals surface area contributed by atoms with Gasteiger partial charge in [0.2, 0.25) is 0 Å². The Morgan fingerprint density at radius 3 is 2.79 bits per heavy atom. The van der Waals surface area contributed by atoms with Crippen LogP contribution < -0.4 is 0 Å². The van der Waals surface area contributed by atoms with Crippen molar-refractivity contribution in [3.05, 3.63) is 28.9 Å². The zero-order valence-electron chi connectivity index (χ0n) is 11.0. The number of piperidine rings is 1. The number of carbonyl (C=O) groups is 1. The number of rotatable bonds is 1. The standard InChI is InChI=1S/C14H17N3OS/c1-16-7-5-6-11(16)10-12-13(18)15-14(19-12)17-8-3-2-4-9-17/h5-7,10H,2-4,8-9H2,1H3/b12-10-. The summed E-state index contributed by atoms with van der Waals surface area (Å²) < 4.78 is 2.00. The number of aliphatic imine (C=N–C) groups is 1. The van der Waals surface area contributed by atoms with Crippen molar-refractivity contribution in [2.75, 3.05) is 13.1 Å². The molecule has 1 amide bonds. The molecule has 0 radical (unpaired) electrons. The molecule has 1 aromatic heterocycles. The van der Waals surface area contributed by atoms with Crippen LogP contribution in [0.25, 0.3) is 6.08 Å². The lowest BCUT2D eigenvalue weighted by atomic mass is 10.1. The van der Waals surface area contributed by atoms with Gasteiger partial charge in [0.25, 0.3) is 5.91 Å². The summed E-state index contributed by atoms with van der Waals surface area (Å²) in [6.07, 6.45) is 7.58. The highest BCUT2D eigenvalue weighted by atomic mass is 32.2. The van der Waals surface area contributed by atoms with Crippen LogP contribution >= 0.6 is 11.8 Å². The third kappa shape index (κ3) is 2.61. The summed E-state index contributed by atoms with van der Waals surface area (Å²) in [4.78, 5) is 19.1. The van der Waals surface area contributed by atoms with Crippen LogP contribution in [0.2, 0.25) is 0 Å². The van der Waals surface area contributed by atoms with E-state index < -0.39 is 0 Å². The average Bonchev–Trinajstić information content (AvgIpc) is 2.99. The molecule has 3 rings (SSSR count). The molecule has 0 aliphatic carbocycles. The summed E-state index contributed by atoms with van der Waals surface area (Å²) in [6.45, 7) is 2.05. The van der Waals surface area contributed by atoms with Gasteiger partial charge in [-0.25, -0.2) is 0 Å². The van der Waals surface area contributed by atoms with E-state index in [4.69, 9.17) is 0 Å². The second kappa shape index (κ2) is 5.25. The largest absolute Gasteiger partial charge is 0.351 e. The van der Waals surface area contributed by atoms with E-state index >= 15 is 0 Å². The van der Waals surface area contributed by atoms with Crippen molar-refractivity contribution in [2.24, 2.45) is 12.0 Å². The number of likely N-dealkylation sites (tertiary alicyclic amines) is 1. The summed E-state index contributed by atoms with van der Waals surface area (Å²) >= 11 is 1.51. The van der Waals surface area contributed by atoms with Gasteiger partial charge in [-0.2, -0.15) is 4.99 Å². The van der Waals surface area contributed by atoms with Gasteiger partial charge in [-0.05, 0) is 49.2 Å². The molecule has 0 atom stereocenters. The van der Waals surface area contributed by atoms with E-state index in [2.05, 4.69) is 9.89 Å². The fraction of sp³-hybridized carbons (Fsp3) is 0.429. The van der Waals surface area contributed by atoms with Gasteiger partial charge in [0.05, 0.1) is 4.91 Å². The molecular formula is C14H17N3OS. The second-order valence-electron chi connectivity index (χ2n) is 4.90. The van der Waals surface area contributed by atoms with Crippen LogP contribution in [-0.4, -0.2) is 33.6 Å². The minimum absolute atomic E-state index is 0.105. The predicted octanol–water partition coefficient (Wildman–Crippen LogP) is 2.48. The number of carbonyl (C=O) groups excluding carboxylic acids is 1. The van der Waals surface area contributed by atoms with Crippen LogP contribution in [0.1, 0.15) is 25.0 Å². The molecule has 2 aliphatic heterocycles. The molecule has 3 heterocycles. The number of hydrogen-bond donors (Lipinski definition) is 0. The van der Waals surface area contributed by atoms with Gasteiger partial charge in [0, 0.05) is 32.0 Å². The van der Waals surface area contributed by atoms with E-state index in [1.165, 1.54) is 31.0 Å². The Bertz CT molecular complexity index is 553. The number of amides is 1. The summed E-state index contributed by atoms with van der Waals surface area (Å²) in [5, 5.41) is 0.880. The highest BCUT2D eigenvalue weighted by Gasteiger charge is 2.26. The first-order chi connectivity index (χ1) is 9.24. The van der Waals surface area contributed by atoms with Crippen molar-refractivity contribution >= 4 is 28.9 Å². The van der Waals surface area contributed by atoms with Crippen molar-refractivity contribution in [1.82, 2.24) is 9.47 Å². The fourth-order valence-electron chi connectivity index (χ4n) is 2.38. The third-order valence-corrected chi connectivity index (χ3v) is 4.54. The Kier molecular flexibility index (Phi) is 3.46. The molecular weight excluding hydrogens is 258 g/mol. The van der Waals surface area contributed by atoms with Gasteiger partial charge in [0.1, 0.15) is 0 Å². The highest BCUT2D eigenvalue weighted by molar-refractivity contribution is 8.18. The summed E-state index contributed by atoms with van der Waals surface area (Å²) in [7, 11) is 1.98. The molecule has 19 heavy (non-hydrogen) atoms. The molecule has 0 bridgehead atoms. The molecule has 0 spiro atoms. The lowest BCUT2D eigenvalue weighted by molar-refractivity contribution is -0.113. The lowest BCUT2D eigenvalue weighted by Gasteiger charge is -2.27. The SMILES string of the molecule is Cn1cccc1/C=C1\SC(N2CCCCC2)=NC1=O. The van der Waals surface area contributed by atoms with Crippen molar-refractivity contribution in [3.63, 3.8) is 0 Å². The second-order valence-corrected chi connectivity index (χ2v) is 5.91. The van der Waals surface area contributed by atoms with Crippen molar-refractivity contribution in [1.29, 1.82) is 0 Å². The molecule has 1 fully saturated rings. The average molecular weight is 275 g/mol. The number of hydrogen-bond acceptors (Lipinski definition) is 3.